The monoisotopic (exact) mass is 419 g/mol. The Balaban J connectivity index is 1.61. The van der Waals surface area contributed by atoms with E-state index < -0.39 is 0 Å². The Hall–Kier alpha value is -2.92. The van der Waals surface area contributed by atoms with E-state index in [9.17, 15) is 4.79 Å². The highest BCUT2D eigenvalue weighted by atomic mass is 79.9. The quantitative estimate of drug-likeness (QED) is 0.352. The molecule has 0 saturated carbocycles. The fourth-order valence-electron chi connectivity index (χ4n) is 3.32. The molecule has 1 heterocycles. The second kappa shape index (κ2) is 7.37. The van der Waals surface area contributed by atoms with E-state index in [1.54, 1.807) is 18.3 Å². The van der Waals surface area contributed by atoms with E-state index in [0.29, 0.717) is 5.56 Å². The van der Waals surface area contributed by atoms with E-state index in [2.05, 4.69) is 74.3 Å². The summed E-state index contributed by atoms with van der Waals surface area (Å²) in [5, 5.41) is 6.53. The molecule has 1 aromatic heterocycles. The summed E-state index contributed by atoms with van der Waals surface area (Å²) in [7, 11) is 0. The Labute approximate surface area is 165 Å². The molecule has 4 rings (SSSR count). The Bertz CT molecular complexity index is 1160. The first-order valence-electron chi connectivity index (χ1n) is 8.77. The molecule has 3 aromatic carbocycles. The smallest absolute Gasteiger partial charge is 0.271 e. The third-order valence-corrected chi connectivity index (χ3v) is 5.13. The first-order chi connectivity index (χ1) is 13.2. The van der Waals surface area contributed by atoms with Crippen molar-refractivity contribution in [2.45, 2.75) is 13.5 Å². The summed E-state index contributed by atoms with van der Waals surface area (Å²) >= 11 is 3.36. The fourth-order valence-corrected chi connectivity index (χ4v) is 3.59. The summed E-state index contributed by atoms with van der Waals surface area (Å²) in [6, 6.07) is 21.8. The maximum absolute atomic E-state index is 12.1. The number of aryl methyl sites for hydroxylation is 1. The number of amides is 1. The van der Waals surface area contributed by atoms with Crippen LogP contribution in [0, 0.1) is 0 Å². The second-order valence-corrected chi connectivity index (χ2v) is 7.16. The molecule has 4 aromatic rings. The molecule has 134 valence electrons. The van der Waals surface area contributed by atoms with Crippen LogP contribution < -0.4 is 5.43 Å². The number of halogens is 1. The van der Waals surface area contributed by atoms with Gasteiger partial charge in [-0.25, -0.2) is 5.43 Å². The largest absolute Gasteiger partial charge is 0.341 e. The lowest BCUT2D eigenvalue weighted by atomic mass is 10.1. The number of nitrogens with zero attached hydrogens (tertiary/aromatic N) is 2. The molecule has 0 spiro atoms. The summed E-state index contributed by atoms with van der Waals surface area (Å²) < 4.78 is 3.24. The van der Waals surface area contributed by atoms with E-state index in [4.69, 9.17) is 0 Å². The lowest BCUT2D eigenvalue weighted by Crippen LogP contribution is -2.17. The lowest BCUT2D eigenvalue weighted by Gasteiger charge is -2.03. The average Bonchev–Trinajstić information content (AvgIpc) is 3.01. The fraction of sp³-hybridized carbons (Fsp3) is 0.0909. The third-order valence-electron chi connectivity index (χ3n) is 4.60. The van der Waals surface area contributed by atoms with Gasteiger partial charge in [0.2, 0.25) is 0 Å². The number of benzene rings is 3. The van der Waals surface area contributed by atoms with Gasteiger partial charge in [-0.15, -0.1) is 0 Å². The predicted octanol–water partition coefficient (Wildman–Crippen LogP) is 5.34. The number of rotatable bonds is 4. The molecule has 0 aliphatic heterocycles. The molecule has 0 radical (unpaired) electrons. The lowest BCUT2D eigenvalue weighted by molar-refractivity contribution is 0.0955. The zero-order valence-electron chi connectivity index (χ0n) is 14.8. The molecule has 0 fully saturated rings. The zero-order valence-corrected chi connectivity index (χ0v) is 16.4. The number of nitrogens with one attached hydrogen (secondary N) is 1. The van der Waals surface area contributed by atoms with Gasteiger partial charge in [-0.3, -0.25) is 4.79 Å². The minimum Gasteiger partial charge on any atom is -0.341 e. The van der Waals surface area contributed by atoms with E-state index >= 15 is 0 Å². The summed E-state index contributed by atoms with van der Waals surface area (Å²) in [6.07, 6.45) is 1.67. The van der Waals surface area contributed by atoms with Gasteiger partial charge in [0.1, 0.15) is 0 Å². The molecule has 0 unspecified atom stereocenters. The third kappa shape index (κ3) is 3.38. The molecule has 4 nitrogen and oxygen atoms in total. The number of hydrogen-bond donors (Lipinski definition) is 1. The Morgan fingerprint density at radius 1 is 1.04 bits per heavy atom. The van der Waals surface area contributed by atoms with Gasteiger partial charge in [0, 0.05) is 38.4 Å². The number of aromatic nitrogens is 1. The zero-order chi connectivity index (χ0) is 18.8. The summed E-state index contributed by atoms with van der Waals surface area (Å²) in [4.78, 5) is 12.1. The molecule has 1 N–H and O–H groups in total. The number of carbonyl (C=O) groups is 1. The van der Waals surface area contributed by atoms with Gasteiger partial charge in [-0.2, -0.15) is 5.10 Å². The number of hydrogen-bond acceptors (Lipinski definition) is 2. The van der Waals surface area contributed by atoms with Crippen LogP contribution in [0.3, 0.4) is 0 Å². The van der Waals surface area contributed by atoms with Crippen molar-refractivity contribution in [1.82, 2.24) is 9.99 Å². The van der Waals surface area contributed by atoms with Crippen LogP contribution in [0.15, 0.2) is 76.3 Å². The molecule has 0 saturated heterocycles. The number of fused-ring (bicyclic) bond motifs is 3. The van der Waals surface area contributed by atoms with Crippen molar-refractivity contribution in [2.24, 2.45) is 5.10 Å². The number of carbonyl (C=O) groups excluding carboxylic acids is 1. The number of para-hydroxylation sites is 1. The van der Waals surface area contributed by atoms with Crippen LogP contribution >= 0.6 is 15.9 Å². The number of hydrazone groups is 1. The minimum atomic E-state index is -0.234. The van der Waals surface area contributed by atoms with Gasteiger partial charge in [0.25, 0.3) is 5.91 Å². The summed E-state index contributed by atoms with van der Waals surface area (Å²) in [5.74, 6) is -0.234. The van der Waals surface area contributed by atoms with E-state index in [-0.39, 0.29) is 5.91 Å². The Morgan fingerprint density at radius 2 is 1.78 bits per heavy atom. The van der Waals surface area contributed by atoms with Crippen molar-refractivity contribution < 1.29 is 4.79 Å². The Kier molecular flexibility index (Phi) is 4.77. The van der Waals surface area contributed by atoms with Crippen LogP contribution in [0.1, 0.15) is 22.8 Å². The van der Waals surface area contributed by atoms with Gasteiger partial charge >= 0.3 is 0 Å². The van der Waals surface area contributed by atoms with Gasteiger partial charge in [0.05, 0.1) is 6.21 Å². The van der Waals surface area contributed by atoms with Crippen molar-refractivity contribution in [2.75, 3.05) is 0 Å². The highest BCUT2D eigenvalue weighted by molar-refractivity contribution is 9.10. The SMILES string of the molecule is CCn1c2ccccc2c2cc(C=NNC(=O)c3ccc(Br)cc3)ccc21. The van der Waals surface area contributed by atoms with Crippen LogP contribution in [-0.4, -0.2) is 16.7 Å². The summed E-state index contributed by atoms with van der Waals surface area (Å²) in [6.45, 7) is 3.07. The molecule has 0 aliphatic carbocycles. The van der Waals surface area contributed by atoms with Crippen LogP contribution in [0.25, 0.3) is 21.8 Å². The van der Waals surface area contributed by atoms with E-state index in [1.165, 1.54) is 21.8 Å². The molecule has 27 heavy (non-hydrogen) atoms. The van der Waals surface area contributed by atoms with E-state index in [0.717, 1.165) is 16.6 Å². The van der Waals surface area contributed by atoms with Crippen molar-refractivity contribution in [1.29, 1.82) is 0 Å². The maximum Gasteiger partial charge on any atom is 0.271 e. The van der Waals surface area contributed by atoms with E-state index in [1.807, 2.05) is 18.2 Å². The normalized spacial score (nSPS) is 11.5. The van der Waals surface area contributed by atoms with Crippen LogP contribution in [0.2, 0.25) is 0 Å². The highest BCUT2D eigenvalue weighted by Gasteiger charge is 2.09. The molecule has 0 bridgehead atoms. The first-order valence-corrected chi connectivity index (χ1v) is 9.56. The average molecular weight is 420 g/mol. The van der Waals surface area contributed by atoms with Gasteiger partial charge in [0.15, 0.2) is 0 Å². The second-order valence-electron chi connectivity index (χ2n) is 6.24. The van der Waals surface area contributed by atoms with Crippen molar-refractivity contribution in [3.8, 4) is 0 Å². The molecule has 5 heteroatoms. The molecule has 0 aliphatic rings. The Morgan fingerprint density at radius 3 is 2.56 bits per heavy atom. The van der Waals surface area contributed by atoms with Crippen LogP contribution in [0.5, 0.6) is 0 Å². The molecule has 0 atom stereocenters. The van der Waals surface area contributed by atoms with Crippen molar-refractivity contribution in [3.63, 3.8) is 0 Å². The summed E-state index contributed by atoms with van der Waals surface area (Å²) in [5.41, 5.74) is 6.52. The highest BCUT2D eigenvalue weighted by Crippen LogP contribution is 2.29. The molecule has 1 amide bonds. The van der Waals surface area contributed by atoms with Crippen molar-refractivity contribution in [3.05, 3.63) is 82.3 Å². The van der Waals surface area contributed by atoms with Crippen molar-refractivity contribution >= 4 is 49.9 Å². The minimum absolute atomic E-state index is 0.234. The first kappa shape index (κ1) is 17.5. The maximum atomic E-state index is 12.1. The molecular formula is C22H18BrN3O. The van der Waals surface area contributed by atoms with Gasteiger partial charge < -0.3 is 4.57 Å². The van der Waals surface area contributed by atoms with Crippen LogP contribution in [-0.2, 0) is 6.54 Å². The molecular weight excluding hydrogens is 402 g/mol. The van der Waals surface area contributed by atoms with Gasteiger partial charge in [-0.05, 0) is 55.0 Å². The standard InChI is InChI=1S/C22H18BrN3O/c1-2-26-20-6-4-3-5-18(20)19-13-15(7-12-21(19)26)14-24-25-22(27)16-8-10-17(23)11-9-16/h3-14H,2H2,1H3,(H,25,27). The predicted molar refractivity (Wildman–Crippen MR) is 114 cm³/mol. The van der Waals surface area contributed by atoms with Crippen LogP contribution in [0.4, 0.5) is 0 Å². The van der Waals surface area contributed by atoms with Gasteiger partial charge in [-0.1, -0.05) is 40.2 Å². The topological polar surface area (TPSA) is 46.4 Å².